The number of benzene rings is 2. The lowest BCUT2D eigenvalue weighted by Crippen LogP contribution is -2.44. The summed E-state index contributed by atoms with van der Waals surface area (Å²) < 4.78 is 0. The van der Waals surface area contributed by atoms with Gasteiger partial charge in [0, 0.05) is 19.5 Å². The van der Waals surface area contributed by atoms with Crippen LogP contribution in [0.25, 0.3) is 0 Å². The third-order valence-corrected chi connectivity index (χ3v) is 6.02. The van der Waals surface area contributed by atoms with Gasteiger partial charge in [0.05, 0.1) is 5.60 Å². The van der Waals surface area contributed by atoms with Crippen LogP contribution in [0.2, 0.25) is 0 Å². The lowest BCUT2D eigenvalue weighted by atomic mass is 9.80. The molecule has 1 saturated carbocycles. The van der Waals surface area contributed by atoms with E-state index in [1.54, 1.807) is 0 Å². The minimum absolute atomic E-state index is 0.613. The highest BCUT2D eigenvalue weighted by Gasteiger charge is 2.31. The van der Waals surface area contributed by atoms with E-state index in [0.29, 0.717) is 6.54 Å². The Balaban J connectivity index is 1.31. The van der Waals surface area contributed by atoms with Crippen molar-refractivity contribution in [3.8, 4) is 0 Å². The van der Waals surface area contributed by atoms with E-state index in [1.807, 2.05) is 0 Å². The molecule has 2 N–H and O–H groups in total. The molecule has 2 aromatic carbocycles. The Labute approximate surface area is 151 Å². The molecule has 2 aliphatic carbocycles. The summed E-state index contributed by atoms with van der Waals surface area (Å²) >= 11 is 0. The number of nitrogens with one attached hydrogen (secondary N) is 1. The molecule has 0 amide bonds. The molecule has 0 bridgehead atoms. The largest absolute Gasteiger partial charge is 0.388 e. The van der Waals surface area contributed by atoms with Crippen LogP contribution in [0, 0.1) is 5.92 Å². The molecule has 0 radical (unpaired) electrons. The van der Waals surface area contributed by atoms with Gasteiger partial charge in [0.2, 0.25) is 0 Å². The van der Waals surface area contributed by atoms with Gasteiger partial charge >= 0.3 is 0 Å². The fraction of sp³-hybridized carbons (Fsp3) is 0.478. The Morgan fingerprint density at radius 2 is 1.80 bits per heavy atom. The van der Waals surface area contributed by atoms with Gasteiger partial charge in [-0.2, -0.15) is 0 Å². The molecule has 1 unspecified atom stereocenters. The van der Waals surface area contributed by atoms with Gasteiger partial charge in [-0.15, -0.1) is 0 Å². The van der Waals surface area contributed by atoms with E-state index in [4.69, 9.17) is 0 Å². The fourth-order valence-electron chi connectivity index (χ4n) is 4.27. The first kappa shape index (κ1) is 16.8. The molecule has 1 atom stereocenters. The normalized spacial score (nSPS) is 23.1. The van der Waals surface area contributed by atoms with Crippen LogP contribution in [0.4, 0.5) is 0 Å². The van der Waals surface area contributed by atoms with E-state index in [9.17, 15) is 5.11 Å². The third-order valence-electron chi connectivity index (χ3n) is 6.02. The summed E-state index contributed by atoms with van der Waals surface area (Å²) in [4.78, 5) is 0. The molecule has 25 heavy (non-hydrogen) atoms. The van der Waals surface area contributed by atoms with Crippen LogP contribution >= 0.6 is 0 Å². The minimum atomic E-state index is -0.613. The zero-order valence-corrected chi connectivity index (χ0v) is 15.0. The van der Waals surface area contributed by atoms with E-state index in [2.05, 4.69) is 53.8 Å². The van der Waals surface area contributed by atoms with Gasteiger partial charge in [0.1, 0.15) is 0 Å². The van der Waals surface area contributed by atoms with Gasteiger partial charge < -0.3 is 10.4 Å². The van der Waals surface area contributed by atoms with Crippen molar-refractivity contribution in [3.05, 3.63) is 70.8 Å². The summed E-state index contributed by atoms with van der Waals surface area (Å²) in [5.41, 5.74) is 4.89. The van der Waals surface area contributed by atoms with E-state index in [1.165, 1.54) is 47.9 Å². The summed E-state index contributed by atoms with van der Waals surface area (Å²) in [6, 6.07) is 17.5. The van der Waals surface area contributed by atoms with Crippen molar-refractivity contribution in [2.45, 2.75) is 57.1 Å². The van der Waals surface area contributed by atoms with Crippen LogP contribution in [-0.2, 0) is 25.8 Å². The third kappa shape index (κ3) is 4.13. The first-order valence-electron chi connectivity index (χ1n) is 9.78. The van der Waals surface area contributed by atoms with Gasteiger partial charge in [-0.1, -0.05) is 67.8 Å². The number of aryl methyl sites for hydroxylation is 1. The highest BCUT2D eigenvalue weighted by Crippen LogP contribution is 2.30. The van der Waals surface area contributed by atoms with Crippen LogP contribution in [0.5, 0.6) is 0 Å². The highest BCUT2D eigenvalue weighted by molar-refractivity contribution is 5.31. The summed E-state index contributed by atoms with van der Waals surface area (Å²) in [5, 5.41) is 14.4. The molecule has 132 valence electrons. The summed E-state index contributed by atoms with van der Waals surface area (Å²) in [5.74, 6) is 0.909. The lowest BCUT2D eigenvalue weighted by molar-refractivity contribution is 0.0265. The van der Waals surface area contributed by atoms with E-state index < -0.39 is 5.60 Å². The molecular weight excluding hydrogens is 306 g/mol. The van der Waals surface area contributed by atoms with Crippen LogP contribution in [-0.4, -0.2) is 17.3 Å². The molecular formula is C23H29NO. The number of rotatable bonds is 6. The monoisotopic (exact) mass is 335 g/mol. The quantitative estimate of drug-likeness (QED) is 0.835. The molecule has 2 nitrogen and oxygen atoms in total. The van der Waals surface area contributed by atoms with Gasteiger partial charge in [-0.25, -0.2) is 0 Å². The standard InChI is InChI=1S/C23H29NO/c25-23(12-11-21-9-1-2-10-22(21)15-23)17-24-16-20-8-4-7-19(14-20)13-18-5-3-6-18/h1-2,4,7-10,14,18,24-25H,3,5-6,11-13,15-17H2. The van der Waals surface area contributed by atoms with Crippen molar-refractivity contribution in [2.24, 2.45) is 5.92 Å². The van der Waals surface area contributed by atoms with Gasteiger partial charge in [-0.05, 0) is 47.4 Å². The number of hydrogen-bond donors (Lipinski definition) is 2. The van der Waals surface area contributed by atoms with E-state index >= 15 is 0 Å². The number of aliphatic hydroxyl groups is 1. The SMILES string of the molecule is OC1(CNCc2cccc(CC3CCC3)c2)CCc2ccccc2C1. The second-order valence-corrected chi connectivity index (χ2v) is 8.09. The van der Waals surface area contributed by atoms with Gasteiger partial charge in [0.15, 0.2) is 0 Å². The van der Waals surface area contributed by atoms with Crippen molar-refractivity contribution in [1.82, 2.24) is 5.32 Å². The summed E-state index contributed by atoms with van der Waals surface area (Å²) in [7, 11) is 0. The van der Waals surface area contributed by atoms with Crippen molar-refractivity contribution >= 4 is 0 Å². The zero-order valence-electron chi connectivity index (χ0n) is 15.0. The van der Waals surface area contributed by atoms with Crippen LogP contribution < -0.4 is 5.32 Å². The average molecular weight is 335 g/mol. The van der Waals surface area contributed by atoms with Crippen molar-refractivity contribution in [1.29, 1.82) is 0 Å². The summed E-state index contributed by atoms with van der Waals surface area (Å²) in [6.45, 7) is 1.50. The van der Waals surface area contributed by atoms with Gasteiger partial charge in [-0.3, -0.25) is 0 Å². The molecule has 0 aromatic heterocycles. The highest BCUT2D eigenvalue weighted by atomic mass is 16.3. The maximum atomic E-state index is 10.9. The molecule has 2 aromatic rings. The lowest BCUT2D eigenvalue weighted by Gasteiger charge is -2.33. The van der Waals surface area contributed by atoms with E-state index in [-0.39, 0.29) is 0 Å². The predicted octanol–water partition coefficient (Wildman–Crippen LogP) is 4.04. The molecule has 0 aliphatic heterocycles. The Hall–Kier alpha value is -1.64. The molecule has 2 heteroatoms. The van der Waals surface area contributed by atoms with Crippen molar-refractivity contribution in [2.75, 3.05) is 6.54 Å². The Morgan fingerprint density at radius 1 is 1.00 bits per heavy atom. The van der Waals surface area contributed by atoms with E-state index in [0.717, 1.165) is 31.7 Å². The maximum absolute atomic E-state index is 10.9. The van der Waals surface area contributed by atoms with Crippen LogP contribution in [0.1, 0.15) is 47.9 Å². The first-order chi connectivity index (χ1) is 12.2. The number of fused-ring (bicyclic) bond motifs is 1. The maximum Gasteiger partial charge on any atom is 0.0815 e. The van der Waals surface area contributed by atoms with Crippen LogP contribution in [0.3, 0.4) is 0 Å². The molecule has 1 fully saturated rings. The van der Waals surface area contributed by atoms with Crippen molar-refractivity contribution < 1.29 is 5.11 Å². The smallest absolute Gasteiger partial charge is 0.0815 e. The second kappa shape index (κ2) is 7.31. The average Bonchev–Trinajstić information content (AvgIpc) is 2.58. The van der Waals surface area contributed by atoms with Crippen molar-refractivity contribution in [3.63, 3.8) is 0 Å². The molecule has 2 aliphatic rings. The number of hydrogen-bond acceptors (Lipinski definition) is 2. The first-order valence-corrected chi connectivity index (χ1v) is 9.78. The minimum Gasteiger partial charge on any atom is -0.388 e. The molecule has 0 heterocycles. The van der Waals surface area contributed by atoms with Gasteiger partial charge in [0.25, 0.3) is 0 Å². The molecule has 4 rings (SSSR count). The fourth-order valence-corrected chi connectivity index (χ4v) is 4.27. The predicted molar refractivity (Wildman–Crippen MR) is 103 cm³/mol. The Kier molecular flexibility index (Phi) is 4.91. The topological polar surface area (TPSA) is 32.3 Å². The Morgan fingerprint density at radius 3 is 2.60 bits per heavy atom. The molecule has 0 saturated heterocycles. The molecule has 0 spiro atoms. The zero-order chi connectivity index (χ0) is 17.1. The Bertz CT molecular complexity index is 722. The second-order valence-electron chi connectivity index (χ2n) is 8.09. The summed E-state index contributed by atoms with van der Waals surface area (Å²) in [6.07, 6.45) is 8.03. The van der Waals surface area contributed by atoms with Crippen LogP contribution in [0.15, 0.2) is 48.5 Å².